The van der Waals surface area contributed by atoms with Gasteiger partial charge in [-0.3, -0.25) is 9.35 Å². The predicted octanol–water partition coefficient (Wildman–Crippen LogP) is 4.47. The molecule has 0 spiro atoms. The molecule has 190 valence electrons. The van der Waals surface area contributed by atoms with Crippen LogP contribution in [0.2, 0.25) is 0 Å². The molecule has 2 aliphatic heterocycles. The largest absolute Gasteiger partial charge is 0.469 e. The quantitative estimate of drug-likeness (QED) is 0.321. The summed E-state index contributed by atoms with van der Waals surface area (Å²) in [7, 11) is 0.990. The third-order valence-corrected chi connectivity index (χ3v) is 8.53. The molecule has 0 saturated carbocycles. The second-order valence-electron chi connectivity index (χ2n) is 9.38. The number of fused-ring (bicyclic) bond motifs is 2. The minimum atomic E-state index is -4.29. The molecule has 2 aromatic rings. The standard InChI is InChI=1S/C26H29N3O5S2/c1-26(2)19-9-7-13-28(3)25(19)27-22(26)14-17(8-6-10-24(30)34-5)15-23-29(4)20-12-11-18(36(31,32)33)16-21(20)35-23/h7,9,11-16H,6,8,10H2,1-5H3/p+1. The molecule has 36 heavy (non-hydrogen) atoms. The van der Waals surface area contributed by atoms with Gasteiger partial charge < -0.3 is 9.64 Å². The van der Waals surface area contributed by atoms with Crippen molar-refractivity contribution in [2.24, 2.45) is 12.0 Å². The Balaban J connectivity index is 1.70. The molecule has 4 rings (SSSR count). The predicted molar refractivity (Wildman–Crippen MR) is 140 cm³/mol. The Labute approximate surface area is 216 Å². The molecular weight excluding hydrogens is 498 g/mol. The number of methoxy groups -OCH3 is 1. The van der Waals surface area contributed by atoms with E-state index in [9.17, 15) is 17.8 Å². The van der Waals surface area contributed by atoms with Gasteiger partial charge in [0.25, 0.3) is 10.1 Å². The number of nitrogens with zero attached hydrogens (tertiary/aromatic N) is 3. The number of esters is 1. The lowest BCUT2D eigenvalue weighted by molar-refractivity contribution is -0.658. The second kappa shape index (κ2) is 9.84. The first-order valence-electron chi connectivity index (χ1n) is 11.5. The fourth-order valence-electron chi connectivity index (χ4n) is 4.33. The van der Waals surface area contributed by atoms with Crippen LogP contribution in [0.1, 0.15) is 38.7 Å². The van der Waals surface area contributed by atoms with Crippen LogP contribution in [-0.4, -0.2) is 38.8 Å². The molecule has 0 bridgehead atoms. The van der Waals surface area contributed by atoms with Crippen LogP contribution in [0.5, 0.6) is 0 Å². The van der Waals surface area contributed by atoms with Crippen LogP contribution in [0.15, 0.2) is 74.1 Å². The summed E-state index contributed by atoms with van der Waals surface area (Å²) in [6.07, 6.45) is 7.68. The van der Waals surface area contributed by atoms with Crippen molar-refractivity contribution in [1.82, 2.24) is 0 Å². The maximum atomic E-state index is 11.7. The Kier molecular flexibility index (Phi) is 7.14. The van der Waals surface area contributed by atoms with E-state index in [0.29, 0.717) is 19.3 Å². The van der Waals surface area contributed by atoms with E-state index in [1.807, 2.05) is 35.8 Å². The van der Waals surface area contributed by atoms with Crippen molar-refractivity contribution in [2.75, 3.05) is 19.1 Å². The lowest BCUT2D eigenvalue weighted by Crippen LogP contribution is -2.30. The number of carbonyl (C=O) groups is 1. The van der Waals surface area contributed by atoms with Crippen molar-refractivity contribution < 1.29 is 27.1 Å². The van der Waals surface area contributed by atoms with Crippen molar-refractivity contribution in [2.45, 2.75) is 48.3 Å². The topological polar surface area (TPSA) is 100 Å². The number of aromatic nitrogens is 1. The Morgan fingerprint density at radius 1 is 1.28 bits per heavy atom. The van der Waals surface area contributed by atoms with E-state index < -0.39 is 10.1 Å². The molecule has 3 heterocycles. The molecule has 1 aromatic heterocycles. The fraction of sp³-hybridized carbons (Fsp3) is 0.346. The van der Waals surface area contributed by atoms with Crippen LogP contribution in [0.25, 0.3) is 0 Å². The lowest BCUT2D eigenvalue weighted by atomic mass is 9.81. The van der Waals surface area contributed by atoms with Crippen LogP contribution < -0.4 is 9.47 Å². The van der Waals surface area contributed by atoms with Gasteiger partial charge in [0.15, 0.2) is 5.71 Å². The fourth-order valence-corrected chi connectivity index (χ4v) is 6.08. The van der Waals surface area contributed by atoms with Crippen LogP contribution in [0.4, 0.5) is 11.5 Å². The first-order chi connectivity index (χ1) is 16.9. The van der Waals surface area contributed by atoms with Crippen LogP contribution in [0, 0.1) is 0 Å². The molecule has 0 saturated heterocycles. The molecule has 10 heteroatoms. The van der Waals surface area contributed by atoms with Crippen molar-refractivity contribution in [1.29, 1.82) is 0 Å². The summed E-state index contributed by atoms with van der Waals surface area (Å²) in [6, 6.07) is 8.68. The Bertz CT molecular complexity index is 1430. The van der Waals surface area contributed by atoms with E-state index in [2.05, 4.69) is 32.1 Å². The summed E-state index contributed by atoms with van der Waals surface area (Å²) in [5.74, 6) is 0.672. The average molecular weight is 529 g/mol. The highest BCUT2D eigenvalue weighted by Gasteiger charge is 2.41. The van der Waals surface area contributed by atoms with Crippen LogP contribution in [-0.2, 0) is 32.1 Å². The van der Waals surface area contributed by atoms with Gasteiger partial charge in [0, 0.05) is 18.4 Å². The van der Waals surface area contributed by atoms with E-state index >= 15 is 0 Å². The van der Waals surface area contributed by atoms with Gasteiger partial charge >= 0.3 is 11.8 Å². The third-order valence-electron chi connectivity index (χ3n) is 6.53. The Morgan fingerprint density at radius 2 is 2.03 bits per heavy atom. The third kappa shape index (κ3) is 5.11. The maximum Gasteiger partial charge on any atom is 0.327 e. The highest BCUT2D eigenvalue weighted by Crippen LogP contribution is 2.46. The van der Waals surface area contributed by atoms with Crippen molar-refractivity contribution in [3.8, 4) is 0 Å². The zero-order valence-electron chi connectivity index (χ0n) is 21.0. The summed E-state index contributed by atoms with van der Waals surface area (Å²) >= 11 is 1.43. The number of rotatable bonds is 7. The summed E-state index contributed by atoms with van der Waals surface area (Å²) in [6.45, 7) is 4.30. The highest BCUT2D eigenvalue weighted by atomic mass is 32.2. The summed E-state index contributed by atoms with van der Waals surface area (Å²) in [4.78, 5) is 19.3. The number of carbonyl (C=O) groups excluding carboxylic acids is 1. The SMILES string of the molecule is COC(=O)CCCC(=C\C1=Nc2c(ccc[n+]2C)C1(C)C)/C=C1/Sc2cc(S(=O)(=O)O)ccc2N1C. The number of hydrogen-bond acceptors (Lipinski definition) is 7. The van der Waals surface area contributed by atoms with E-state index in [1.165, 1.54) is 31.0 Å². The van der Waals surface area contributed by atoms with E-state index in [0.717, 1.165) is 38.3 Å². The van der Waals surface area contributed by atoms with Crippen molar-refractivity contribution in [3.63, 3.8) is 0 Å². The maximum absolute atomic E-state index is 11.7. The van der Waals surface area contributed by atoms with Gasteiger partial charge in [-0.1, -0.05) is 11.8 Å². The minimum absolute atomic E-state index is 0.134. The second-order valence-corrected chi connectivity index (χ2v) is 11.9. The molecule has 0 unspecified atom stereocenters. The van der Waals surface area contributed by atoms with Gasteiger partial charge in [0.05, 0.1) is 46.9 Å². The summed E-state index contributed by atoms with van der Waals surface area (Å²) < 4.78 is 39.4. The number of allylic oxidation sites excluding steroid dienone is 3. The van der Waals surface area contributed by atoms with E-state index in [4.69, 9.17) is 9.73 Å². The zero-order valence-corrected chi connectivity index (χ0v) is 22.6. The van der Waals surface area contributed by atoms with Crippen LogP contribution in [0.3, 0.4) is 0 Å². The number of ether oxygens (including phenoxy) is 1. The number of benzene rings is 1. The van der Waals surface area contributed by atoms with E-state index in [1.54, 1.807) is 6.07 Å². The minimum Gasteiger partial charge on any atom is -0.469 e. The molecule has 1 aromatic carbocycles. The molecule has 0 amide bonds. The monoisotopic (exact) mass is 528 g/mol. The summed E-state index contributed by atoms with van der Waals surface area (Å²) in [5, 5.41) is 0.904. The van der Waals surface area contributed by atoms with Crippen LogP contribution >= 0.6 is 11.8 Å². The first kappa shape index (κ1) is 26.1. The molecule has 8 nitrogen and oxygen atoms in total. The number of anilines is 1. The smallest absolute Gasteiger partial charge is 0.327 e. The van der Waals surface area contributed by atoms with Gasteiger partial charge in [-0.25, -0.2) is 4.57 Å². The van der Waals surface area contributed by atoms with Gasteiger partial charge in [-0.15, -0.1) is 0 Å². The zero-order chi connectivity index (χ0) is 26.3. The first-order valence-corrected chi connectivity index (χ1v) is 13.8. The number of hydrogen-bond donors (Lipinski definition) is 1. The van der Waals surface area contributed by atoms with Crippen molar-refractivity contribution in [3.05, 3.63) is 64.8 Å². The van der Waals surface area contributed by atoms with Gasteiger partial charge in [-0.05, 0) is 79.7 Å². The molecule has 0 atom stereocenters. The Morgan fingerprint density at radius 3 is 2.69 bits per heavy atom. The average Bonchev–Trinajstić information content (AvgIpc) is 3.26. The molecule has 0 fully saturated rings. The van der Waals surface area contributed by atoms with E-state index in [-0.39, 0.29) is 16.3 Å². The van der Waals surface area contributed by atoms with Gasteiger partial charge in [-0.2, -0.15) is 8.42 Å². The summed E-state index contributed by atoms with van der Waals surface area (Å²) in [5.41, 5.74) is 3.64. The number of aliphatic imine (C=N–C) groups is 1. The number of pyridine rings is 1. The molecular formula is C26H30N3O5S2+. The van der Waals surface area contributed by atoms with Crippen molar-refractivity contribution >= 4 is 45.1 Å². The lowest BCUT2D eigenvalue weighted by Gasteiger charge is -2.18. The highest BCUT2D eigenvalue weighted by molar-refractivity contribution is 8.03. The molecule has 0 aliphatic carbocycles. The number of thioether (sulfide) groups is 1. The molecule has 1 N–H and O–H groups in total. The normalized spacial score (nSPS) is 17.7. The molecule has 0 radical (unpaired) electrons. The number of aryl methyl sites for hydroxylation is 1. The van der Waals surface area contributed by atoms with Gasteiger partial charge in [0.1, 0.15) is 0 Å². The Hall–Kier alpha value is -2.95. The van der Waals surface area contributed by atoms with Gasteiger partial charge in [0.2, 0.25) is 0 Å². The molecule has 2 aliphatic rings.